The Hall–Kier alpha value is -1.51. The molecule has 0 aliphatic rings. The summed E-state index contributed by atoms with van der Waals surface area (Å²) in [4.78, 5) is 5.44. The topological polar surface area (TPSA) is 48.7 Å². The Bertz CT molecular complexity index is 599. The van der Waals surface area contributed by atoms with Gasteiger partial charge in [-0.15, -0.1) is 23.1 Å². The highest BCUT2D eigenvalue weighted by Gasteiger charge is 2.08. The molecule has 0 amide bonds. The minimum Gasteiger partial charge on any atom is -0.377 e. The molecule has 0 saturated heterocycles. The van der Waals surface area contributed by atoms with Gasteiger partial charge in [-0.25, -0.2) is 4.98 Å². The second-order valence-electron chi connectivity index (χ2n) is 3.96. The van der Waals surface area contributed by atoms with Crippen molar-refractivity contribution in [1.82, 2.24) is 4.98 Å². The van der Waals surface area contributed by atoms with Gasteiger partial charge in [0.1, 0.15) is 11.1 Å². The van der Waals surface area contributed by atoms with E-state index in [-0.39, 0.29) is 0 Å². The fourth-order valence-corrected chi connectivity index (χ4v) is 3.22. The zero-order chi connectivity index (χ0) is 13.7. The second kappa shape index (κ2) is 6.60. The molecule has 19 heavy (non-hydrogen) atoms. The summed E-state index contributed by atoms with van der Waals surface area (Å²) in [6.07, 6.45) is 0. The Kier molecular flexibility index (Phi) is 4.83. The molecule has 0 aliphatic heterocycles. The van der Waals surface area contributed by atoms with E-state index in [9.17, 15) is 5.26 Å². The zero-order valence-corrected chi connectivity index (χ0v) is 12.6. The van der Waals surface area contributed by atoms with Gasteiger partial charge in [0.2, 0.25) is 0 Å². The largest absolute Gasteiger partial charge is 0.377 e. The van der Waals surface area contributed by atoms with Crippen molar-refractivity contribution < 1.29 is 0 Å². The van der Waals surface area contributed by atoms with Crippen molar-refractivity contribution in [1.29, 1.82) is 5.26 Å². The second-order valence-corrected chi connectivity index (χ2v) is 6.21. The van der Waals surface area contributed by atoms with Crippen molar-refractivity contribution in [3.05, 3.63) is 39.8 Å². The molecule has 1 aromatic carbocycles. The average Bonchev–Trinajstić information content (AvgIpc) is 2.83. The molecule has 1 heterocycles. The van der Waals surface area contributed by atoms with Crippen LogP contribution in [0.2, 0.25) is 0 Å². The number of thiazole rings is 1. The van der Waals surface area contributed by atoms with Crippen LogP contribution in [0.4, 0.5) is 5.69 Å². The van der Waals surface area contributed by atoms with Gasteiger partial charge in [-0.05, 0) is 24.8 Å². The predicted molar refractivity (Wildman–Crippen MR) is 81.7 cm³/mol. The monoisotopic (exact) mass is 289 g/mol. The molecule has 0 bridgehead atoms. The number of anilines is 1. The number of aromatic nitrogens is 1. The molecule has 3 nitrogen and oxygen atoms in total. The molecule has 0 saturated carbocycles. The summed E-state index contributed by atoms with van der Waals surface area (Å²) < 4.78 is 0. The van der Waals surface area contributed by atoms with Crippen LogP contribution in [0, 0.1) is 18.3 Å². The number of rotatable bonds is 5. The van der Waals surface area contributed by atoms with Gasteiger partial charge in [0.05, 0.1) is 17.8 Å². The van der Waals surface area contributed by atoms with Gasteiger partial charge in [0.15, 0.2) is 0 Å². The molecule has 5 heteroatoms. The average molecular weight is 289 g/mol. The Labute approximate surface area is 121 Å². The van der Waals surface area contributed by atoms with E-state index in [1.807, 2.05) is 30.5 Å². The molecule has 0 aliphatic carbocycles. The lowest BCUT2D eigenvalue weighted by atomic mass is 10.2. The number of aryl methyl sites for hydroxylation is 1. The SMILES string of the molecule is CCSc1cccc(NCc2nc(C)cs2)c1C#N. The zero-order valence-electron chi connectivity index (χ0n) is 10.9. The number of nitrogens with zero attached hydrogens (tertiary/aromatic N) is 2. The van der Waals surface area contributed by atoms with E-state index in [0.29, 0.717) is 6.54 Å². The summed E-state index contributed by atoms with van der Waals surface area (Å²) in [5.74, 6) is 0.962. The minimum absolute atomic E-state index is 0.660. The van der Waals surface area contributed by atoms with Gasteiger partial charge in [-0.3, -0.25) is 0 Å². The van der Waals surface area contributed by atoms with Crippen LogP contribution in [0.1, 0.15) is 23.2 Å². The van der Waals surface area contributed by atoms with E-state index in [1.54, 1.807) is 23.1 Å². The lowest BCUT2D eigenvalue weighted by Gasteiger charge is -2.09. The van der Waals surface area contributed by atoms with Crippen molar-refractivity contribution in [2.45, 2.75) is 25.3 Å². The smallest absolute Gasteiger partial charge is 0.112 e. The van der Waals surface area contributed by atoms with Crippen molar-refractivity contribution in [3.63, 3.8) is 0 Å². The Morgan fingerprint density at radius 2 is 2.32 bits per heavy atom. The van der Waals surface area contributed by atoms with E-state index in [2.05, 4.69) is 23.3 Å². The predicted octanol–water partition coefficient (Wildman–Crippen LogP) is 4.05. The summed E-state index contributed by atoms with van der Waals surface area (Å²) in [5.41, 5.74) is 2.65. The van der Waals surface area contributed by atoms with Gasteiger partial charge in [0, 0.05) is 16.0 Å². The molecule has 1 aromatic heterocycles. The third-order valence-corrected chi connectivity index (χ3v) is 4.44. The first kappa shape index (κ1) is 13.9. The lowest BCUT2D eigenvalue weighted by Crippen LogP contribution is -2.01. The van der Waals surface area contributed by atoms with Crippen LogP contribution >= 0.6 is 23.1 Å². The van der Waals surface area contributed by atoms with Gasteiger partial charge in [-0.2, -0.15) is 5.26 Å². The Morgan fingerprint density at radius 1 is 1.47 bits per heavy atom. The summed E-state index contributed by atoms with van der Waals surface area (Å²) in [5, 5.41) is 15.7. The lowest BCUT2D eigenvalue weighted by molar-refractivity contribution is 1.07. The van der Waals surface area contributed by atoms with E-state index >= 15 is 0 Å². The maximum atomic E-state index is 9.31. The molecule has 0 unspecified atom stereocenters. The third kappa shape index (κ3) is 3.49. The molecule has 98 valence electrons. The third-order valence-electron chi connectivity index (χ3n) is 2.53. The summed E-state index contributed by atoms with van der Waals surface area (Å²) in [6.45, 7) is 4.73. The molecule has 0 spiro atoms. The van der Waals surface area contributed by atoms with Crippen molar-refractivity contribution >= 4 is 28.8 Å². The molecule has 1 N–H and O–H groups in total. The molecular weight excluding hydrogens is 274 g/mol. The van der Waals surface area contributed by atoms with Crippen LogP contribution < -0.4 is 5.32 Å². The van der Waals surface area contributed by atoms with Crippen LogP contribution in [0.5, 0.6) is 0 Å². The van der Waals surface area contributed by atoms with E-state index < -0.39 is 0 Å². The van der Waals surface area contributed by atoms with Gasteiger partial charge in [0.25, 0.3) is 0 Å². The number of thioether (sulfide) groups is 1. The minimum atomic E-state index is 0.660. The van der Waals surface area contributed by atoms with Crippen LogP contribution in [-0.2, 0) is 6.54 Å². The number of hydrogen-bond donors (Lipinski definition) is 1. The summed E-state index contributed by atoms with van der Waals surface area (Å²) in [6, 6.07) is 8.21. The quantitative estimate of drug-likeness (QED) is 0.844. The first-order chi connectivity index (χ1) is 9.24. The van der Waals surface area contributed by atoms with Crippen molar-refractivity contribution in [2.24, 2.45) is 0 Å². The highest BCUT2D eigenvalue weighted by atomic mass is 32.2. The van der Waals surface area contributed by atoms with Gasteiger partial charge < -0.3 is 5.32 Å². The number of benzene rings is 1. The first-order valence-corrected chi connectivity index (χ1v) is 7.92. The molecule has 0 radical (unpaired) electrons. The van der Waals surface area contributed by atoms with Crippen molar-refractivity contribution in [3.8, 4) is 6.07 Å². The number of nitrogens with one attached hydrogen (secondary N) is 1. The standard InChI is InChI=1S/C14H15N3S2/c1-3-18-13-6-4-5-12(11(13)7-15)16-8-14-17-10(2)9-19-14/h4-6,9,16H,3,8H2,1-2H3. The molecule has 0 atom stereocenters. The van der Waals surface area contributed by atoms with Gasteiger partial charge in [-0.1, -0.05) is 13.0 Å². The van der Waals surface area contributed by atoms with Crippen LogP contribution in [0.25, 0.3) is 0 Å². The van der Waals surface area contributed by atoms with Crippen LogP contribution in [0.3, 0.4) is 0 Å². The fraction of sp³-hybridized carbons (Fsp3) is 0.286. The molecule has 0 fully saturated rings. The maximum absolute atomic E-state index is 9.31. The van der Waals surface area contributed by atoms with E-state index in [4.69, 9.17) is 0 Å². The highest BCUT2D eigenvalue weighted by Crippen LogP contribution is 2.28. The highest BCUT2D eigenvalue weighted by molar-refractivity contribution is 7.99. The normalized spacial score (nSPS) is 10.2. The number of hydrogen-bond acceptors (Lipinski definition) is 5. The molecular formula is C14H15N3S2. The Balaban J connectivity index is 2.16. The van der Waals surface area contributed by atoms with E-state index in [0.717, 1.165) is 32.6 Å². The molecule has 2 aromatic rings. The first-order valence-electron chi connectivity index (χ1n) is 6.05. The summed E-state index contributed by atoms with van der Waals surface area (Å²) in [7, 11) is 0. The Morgan fingerprint density at radius 3 is 2.95 bits per heavy atom. The summed E-state index contributed by atoms with van der Waals surface area (Å²) >= 11 is 3.33. The van der Waals surface area contributed by atoms with Crippen molar-refractivity contribution in [2.75, 3.05) is 11.1 Å². The van der Waals surface area contributed by atoms with E-state index in [1.165, 1.54) is 0 Å². The van der Waals surface area contributed by atoms with Crippen LogP contribution in [-0.4, -0.2) is 10.7 Å². The van der Waals surface area contributed by atoms with Gasteiger partial charge >= 0.3 is 0 Å². The molecule has 2 rings (SSSR count). The fourth-order valence-electron chi connectivity index (χ4n) is 1.72. The number of nitriles is 1. The maximum Gasteiger partial charge on any atom is 0.112 e. The van der Waals surface area contributed by atoms with Crippen LogP contribution in [0.15, 0.2) is 28.5 Å².